The van der Waals surface area contributed by atoms with Crippen molar-refractivity contribution in [3.05, 3.63) is 64.7 Å². The number of carboxylic acid groups (broad SMARTS) is 1. The number of hydrogen-bond donors (Lipinski definition) is 1. The Bertz CT molecular complexity index is 1060. The van der Waals surface area contributed by atoms with Gasteiger partial charge >= 0.3 is 12.4 Å². The van der Waals surface area contributed by atoms with Gasteiger partial charge in [-0.15, -0.1) is 0 Å². The van der Waals surface area contributed by atoms with Gasteiger partial charge in [0.25, 0.3) is 0 Å². The van der Waals surface area contributed by atoms with Crippen LogP contribution >= 0.6 is 0 Å². The van der Waals surface area contributed by atoms with E-state index in [4.69, 9.17) is 14.2 Å². The quantitative estimate of drug-likeness (QED) is 0.320. The first-order chi connectivity index (χ1) is 16.9. The molecule has 1 atom stereocenters. The Balaban J connectivity index is 1.51. The molecule has 0 heterocycles. The average Bonchev–Trinajstić information content (AvgIpc) is 2.83. The molecule has 0 saturated heterocycles. The molecule has 1 unspecified atom stereocenters. The maximum absolute atomic E-state index is 11.2. The molecular weight excluding hydrogens is 440 g/mol. The maximum Gasteiger partial charge on any atom is 0.335 e. The molecule has 0 aliphatic heterocycles. The van der Waals surface area contributed by atoms with Crippen LogP contribution in [0, 0.1) is 17.8 Å². The molecule has 0 amide bonds. The van der Waals surface area contributed by atoms with Crippen LogP contribution in [0.25, 0.3) is 11.6 Å². The average molecular weight is 477 g/mol. The monoisotopic (exact) mass is 476 g/mol. The molecule has 4 saturated carbocycles. The van der Waals surface area contributed by atoms with Gasteiger partial charge in [-0.3, -0.25) is 0 Å². The summed E-state index contributed by atoms with van der Waals surface area (Å²) in [6, 6.07) is 13.5. The molecule has 5 nitrogen and oxygen atoms in total. The topological polar surface area (TPSA) is 65.0 Å². The van der Waals surface area contributed by atoms with Crippen LogP contribution < -0.4 is 4.74 Å². The number of methoxy groups -OCH3 is 1. The van der Waals surface area contributed by atoms with Crippen molar-refractivity contribution in [3.63, 3.8) is 0 Å². The predicted molar refractivity (Wildman–Crippen MR) is 136 cm³/mol. The van der Waals surface area contributed by atoms with Gasteiger partial charge in [-0.25, -0.2) is 4.79 Å². The summed E-state index contributed by atoms with van der Waals surface area (Å²) in [7, 11) is 1.61. The zero-order chi connectivity index (χ0) is 24.6. The lowest BCUT2D eigenvalue weighted by Gasteiger charge is -2.57. The van der Waals surface area contributed by atoms with Gasteiger partial charge in [-0.05, 0) is 117 Å². The highest BCUT2D eigenvalue weighted by molar-refractivity contribution is 5.88. The Labute approximate surface area is 208 Å². The van der Waals surface area contributed by atoms with Crippen molar-refractivity contribution in [1.82, 2.24) is 0 Å². The molecule has 186 valence electrons. The van der Waals surface area contributed by atoms with Crippen molar-refractivity contribution in [1.29, 1.82) is 0 Å². The first-order valence-corrected chi connectivity index (χ1v) is 12.9. The summed E-state index contributed by atoms with van der Waals surface area (Å²) in [5.74, 6) is 2.44. The van der Waals surface area contributed by atoms with E-state index in [1.807, 2.05) is 19.1 Å². The van der Waals surface area contributed by atoms with Crippen LogP contribution in [0.2, 0.25) is 0 Å². The van der Waals surface area contributed by atoms with Gasteiger partial charge in [0.15, 0.2) is 0 Å². The third-order valence-corrected chi connectivity index (χ3v) is 8.30. The highest BCUT2D eigenvalue weighted by Crippen LogP contribution is 2.62. The molecule has 0 radical (unpaired) electrons. The van der Waals surface area contributed by atoms with Crippen LogP contribution in [0.15, 0.2) is 42.5 Å². The van der Waals surface area contributed by atoms with Gasteiger partial charge in [0.1, 0.15) is 5.75 Å². The Kier molecular flexibility index (Phi) is 6.73. The van der Waals surface area contributed by atoms with Crippen LogP contribution in [-0.2, 0) is 14.9 Å². The first-order valence-electron chi connectivity index (χ1n) is 12.9. The Morgan fingerprint density at radius 3 is 2.17 bits per heavy atom. The summed E-state index contributed by atoms with van der Waals surface area (Å²) in [6.45, 7) is 3.85. The van der Waals surface area contributed by atoms with Crippen molar-refractivity contribution >= 4 is 17.6 Å². The number of hydrogen-bond acceptors (Lipinski definition) is 4. The normalized spacial score (nSPS) is 28.2. The number of carboxylic acids is 1. The zero-order valence-electron chi connectivity index (χ0n) is 21.0. The van der Waals surface area contributed by atoms with Crippen molar-refractivity contribution in [2.24, 2.45) is 17.8 Å². The largest absolute Gasteiger partial charge is 0.478 e. The summed E-state index contributed by atoms with van der Waals surface area (Å²) >= 11 is 0. The number of carbonyl (C=O) groups is 1. The van der Waals surface area contributed by atoms with Crippen molar-refractivity contribution in [2.75, 3.05) is 13.7 Å². The van der Waals surface area contributed by atoms with E-state index in [0.29, 0.717) is 12.2 Å². The third-order valence-electron chi connectivity index (χ3n) is 8.30. The second-order valence-corrected chi connectivity index (χ2v) is 10.8. The molecule has 0 spiro atoms. The zero-order valence-corrected chi connectivity index (χ0v) is 21.0. The first kappa shape index (κ1) is 24.1. The molecule has 4 aliphatic rings. The number of ether oxygens (including phenoxy) is 3. The lowest BCUT2D eigenvalue weighted by atomic mass is 9.48. The van der Waals surface area contributed by atoms with Gasteiger partial charge in [0, 0.05) is 12.7 Å². The maximum atomic E-state index is 11.2. The lowest BCUT2D eigenvalue weighted by Crippen LogP contribution is -2.48. The van der Waals surface area contributed by atoms with E-state index in [1.165, 1.54) is 44.1 Å². The van der Waals surface area contributed by atoms with Crippen LogP contribution in [0.1, 0.15) is 79.4 Å². The molecule has 2 aromatic rings. The molecule has 5 heteroatoms. The van der Waals surface area contributed by atoms with Crippen molar-refractivity contribution in [2.45, 2.75) is 64.3 Å². The molecule has 6 rings (SSSR count). The van der Waals surface area contributed by atoms with Gasteiger partial charge in [-0.1, -0.05) is 24.3 Å². The SMILES string of the molecule is CCOC(OC)Oc1ccc(/C(C)=C/c2ccc(C(=O)O)cc2)cc1C12CC3CC(CC(C3)C1)C2. The summed E-state index contributed by atoms with van der Waals surface area (Å²) in [5.41, 5.74) is 5.04. The van der Waals surface area contributed by atoms with E-state index in [-0.39, 0.29) is 5.41 Å². The predicted octanol–water partition coefficient (Wildman–Crippen LogP) is 6.76. The van der Waals surface area contributed by atoms with Crippen molar-refractivity contribution < 1.29 is 24.1 Å². The molecule has 4 bridgehead atoms. The van der Waals surface area contributed by atoms with Crippen LogP contribution in [0.5, 0.6) is 5.75 Å². The molecule has 0 aromatic heterocycles. The second-order valence-electron chi connectivity index (χ2n) is 10.8. The molecule has 1 N–H and O–H groups in total. The summed E-state index contributed by atoms with van der Waals surface area (Å²) in [4.78, 5) is 11.2. The minimum Gasteiger partial charge on any atom is -0.478 e. The van der Waals surface area contributed by atoms with E-state index in [2.05, 4.69) is 31.2 Å². The van der Waals surface area contributed by atoms with E-state index in [1.54, 1.807) is 19.2 Å². The fraction of sp³-hybridized carbons (Fsp3) is 0.500. The number of aromatic carboxylic acids is 1. The summed E-state index contributed by atoms with van der Waals surface area (Å²) in [6.07, 6.45) is 10.0. The lowest BCUT2D eigenvalue weighted by molar-refractivity contribution is -0.231. The smallest absolute Gasteiger partial charge is 0.335 e. The Morgan fingerprint density at radius 1 is 1.03 bits per heavy atom. The highest BCUT2D eigenvalue weighted by atomic mass is 16.8. The molecular formula is C30H36O5. The Morgan fingerprint density at radius 2 is 1.63 bits per heavy atom. The number of allylic oxidation sites excluding steroid dienone is 1. The minimum absolute atomic E-state index is 0.161. The van der Waals surface area contributed by atoms with E-state index in [0.717, 1.165) is 40.2 Å². The summed E-state index contributed by atoms with van der Waals surface area (Å²) in [5, 5.41) is 9.18. The highest BCUT2D eigenvalue weighted by Gasteiger charge is 2.52. The molecule has 4 aliphatic carbocycles. The van der Waals surface area contributed by atoms with E-state index in [9.17, 15) is 9.90 Å². The standard InChI is InChI=1S/C30H36O5/c1-4-34-29(33-3)35-27-10-9-25(19(2)11-20-5-7-24(8-6-20)28(31)32)15-26(27)30-16-21-12-22(17-30)14-23(13-21)18-30/h5-11,15,21-23,29H,4,12-14,16-18H2,1-3H3,(H,31,32)/b19-11+. The molecule has 35 heavy (non-hydrogen) atoms. The molecule has 4 fully saturated rings. The second kappa shape index (κ2) is 9.79. The van der Waals surface area contributed by atoms with E-state index >= 15 is 0 Å². The number of rotatable bonds is 9. The van der Waals surface area contributed by atoms with Crippen molar-refractivity contribution in [3.8, 4) is 5.75 Å². The van der Waals surface area contributed by atoms with Gasteiger partial charge < -0.3 is 19.3 Å². The fourth-order valence-corrected chi connectivity index (χ4v) is 7.18. The number of benzene rings is 2. The van der Waals surface area contributed by atoms with Crippen LogP contribution in [0.3, 0.4) is 0 Å². The third kappa shape index (κ3) is 4.89. The molecule has 2 aromatic carbocycles. The van der Waals surface area contributed by atoms with Gasteiger partial charge in [0.05, 0.1) is 12.2 Å². The Hall–Kier alpha value is -2.63. The van der Waals surface area contributed by atoms with Crippen LogP contribution in [0.4, 0.5) is 0 Å². The minimum atomic E-state index is -0.908. The van der Waals surface area contributed by atoms with Gasteiger partial charge in [0.2, 0.25) is 0 Å². The van der Waals surface area contributed by atoms with E-state index < -0.39 is 12.4 Å². The van der Waals surface area contributed by atoms with Crippen LogP contribution in [-0.4, -0.2) is 31.3 Å². The summed E-state index contributed by atoms with van der Waals surface area (Å²) < 4.78 is 17.4. The fourth-order valence-electron chi connectivity index (χ4n) is 7.18. The van der Waals surface area contributed by atoms with Gasteiger partial charge in [-0.2, -0.15) is 0 Å².